The first kappa shape index (κ1) is 9.99. The van der Waals surface area contributed by atoms with Gasteiger partial charge in [0.2, 0.25) is 0 Å². The molecule has 0 radical (unpaired) electrons. The molecular formula is C10H18N3+. The highest BCUT2D eigenvalue weighted by atomic mass is 15.3. The van der Waals surface area contributed by atoms with Gasteiger partial charge in [-0.05, 0) is 12.1 Å². The lowest BCUT2D eigenvalue weighted by Crippen LogP contribution is -2.38. The van der Waals surface area contributed by atoms with Crippen molar-refractivity contribution in [2.24, 2.45) is 0 Å². The summed E-state index contributed by atoms with van der Waals surface area (Å²) in [5.41, 5.74) is 1.14. The van der Waals surface area contributed by atoms with Crippen LogP contribution in [0.5, 0.6) is 0 Å². The minimum atomic E-state index is 0.984. The Morgan fingerprint density at radius 3 is 2.38 bits per heavy atom. The van der Waals surface area contributed by atoms with E-state index in [1.54, 1.807) is 12.4 Å². The number of quaternary nitrogens is 1. The third-order valence-corrected chi connectivity index (χ3v) is 1.79. The number of aromatic nitrogens is 1. The fourth-order valence-corrected chi connectivity index (χ4v) is 1.01. The highest BCUT2D eigenvalue weighted by molar-refractivity contribution is 5.40. The molecule has 1 aromatic rings. The number of likely N-dealkylation sites (N-methyl/N-ethyl adjacent to an activating group) is 1. The van der Waals surface area contributed by atoms with E-state index >= 15 is 0 Å². The summed E-state index contributed by atoms with van der Waals surface area (Å²) >= 11 is 0. The first-order valence-electron chi connectivity index (χ1n) is 4.52. The van der Waals surface area contributed by atoms with Gasteiger partial charge in [-0.15, -0.1) is 0 Å². The zero-order chi connectivity index (χ0) is 9.73. The molecule has 0 aliphatic rings. The topological polar surface area (TPSA) is 24.9 Å². The zero-order valence-corrected chi connectivity index (χ0v) is 8.62. The van der Waals surface area contributed by atoms with E-state index in [0.717, 1.165) is 23.3 Å². The van der Waals surface area contributed by atoms with Gasteiger partial charge >= 0.3 is 0 Å². The molecule has 3 nitrogen and oxygen atoms in total. The fraction of sp³-hybridized carbons (Fsp3) is 0.500. The van der Waals surface area contributed by atoms with Crippen LogP contribution in [-0.2, 0) is 0 Å². The van der Waals surface area contributed by atoms with E-state index in [4.69, 9.17) is 0 Å². The summed E-state index contributed by atoms with van der Waals surface area (Å²) in [5.74, 6) is 0. The number of rotatable bonds is 4. The lowest BCUT2D eigenvalue weighted by molar-refractivity contribution is -0.868. The molecule has 0 saturated carbocycles. The molecule has 1 rings (SSSR count). The minimum absolute atomic E-state index is 0.984. The maximum Gasteiger partial charge on any atom is 0.0955 e. The average molecular weight is 180 g/mol. The molecule has 0 bridgehead atoms. The molecule has 0 amide bonds. The van der Waals surface area contributed by atoms with Gasteiger partial charge in [-0.25, -0.2) is 0 Å². The monoisotopic (exact) mass is 180 g/mol. The third-order valence-electron chi connectivity index (χ3n) is 1.79. The molecule has 13 heavy (non-hydrogen) atoms. The van der Waals surface area contributed by atoms with E-state index in [1.165, 1.54) is 0 Å². The van der Waals surface area contributed by atoms with Crippen LogP contribution in [0, 0.1) is 0 Å². The van der Waals surface area contributed by atoms with Crippen LogP contribution < -0.4 is 5.32 Å². The van der Waals surface area contributed by atoms with E-state index in [0.29, 0.717) is 0 Å². The summed E-state index contributed by atoms with van der Waals surface area (Å²) in [7, 11) is 6.57. The minimum Gasteiger partial charge on any atom is -0.379 e. The first-order chi connectivity index (χ1) is 6.08. The molecule has 0 fully saturated rings. The molecule has 1 heterocycles. The maximum absolute atomic E-state index is 3.96. The molecule has 0 unspecified atom stereocenters. The second kappa shape index (κ2) is 4.23. The van der Waals surface area contributed by atoms with Crippen LogP contribution in [0.3, 0.4) is 0 Å². The Bertz CT molecular complexity index is 238. The Morgan fingerprint density at radius 1 is 1.23 bits per heavy atom. The summed E-state index contributed by atoms with van der Waals surface area (Å²) in [6.45, 7) is 2.11. The number of nitrogens with zero attached hydrogens (tertiary/aromatic N) is 2. The molecule has 1 aromatic heterocycles. The van der Waals surface area contributed by atoms with E-state index in [2.05, 4.69) is 31.4 Å². The molecule has 0 aliphatic heterocycles. The van der Waals surface area contributed by atoms with Crippen LogP contribution in [-0.4, -0.2) is 43.7 Å². The molecule has 0 saturated heterocycles. The van der Waals surface area contributed by atoms with E-state index in [9.17, 15) is 0 Å². The van der Waals surface area contributed by atoms with Crippen molar-refractivity contribution >= 4 is 5.69 Å². The summed E-state index contributed by atoms with van der Waals surface area (Å²) in [4.78, 5) is 3.96. The van der Waals surface area contributed by atoms with Gasteiger partial charge in [0.1, 0.15) is 0 Å². The van der Waals surface area contributed by atoms with Crippen LogP contribution in [0.2, 0.25) is 0 Å². The molecular weight excluding hydrogens is 162 g/mol. The molecule has 0 aromatic carbocycles. The summed E-state index contributed by atoms with van der Waals surface area (Å²) in [6.07, 6.45) is 3.60. The summed E-state index contributed by atoms with van der Waals surface area (Å²) in [5, 5.41) is 3.35. The predicted octanol–water partition coefficient (Wildman–Crippen LogP) is 1.20. The number of hydrogen-bond acceptors (Lipinski definition) is 2. The molecule has 0 spiro atoms. The van der Waals surface area contributed by atoms with Crippen molar-refractivity contribution in [3.05, 3.63) is 24.5 Å². The van der Waals surface area contributed by atoms with Crippen molar-refractivity contribution in [1.82, 2.24) is 4.98 Å². The second-order valence-electron chi connectivity index (χ2n) is 4.18. The third kappa shape index (κ3) is 4.48. The van der Waals surface area contributed by atoms with E-state index in [-0.39, 0.29) is 0 Å². The molecule has 1 N–H and O–H groups in total. The van der Waals surface area contributed by atoms with Crippen molar-refractivity contribution in [3.63, 3.8) is 0 Å². The van der Waals surface area contributed by atoms with Crippen LogP contribution >= 0.6 is 0 Å². The van der Waals surface area contributed by atoms with Gasteiger partial charge in [0.05, 0.1) is 34.2 Å². The highest BCUT2D eigenvalue weighted by Gasteiger charge is 2.04. The van der Waals surface area contributed by atoms with E-state index < -0.39 is 0 Å². The zero-order valence-electron chi connectivity index (χ0n) is 8.62. The number of pyridine rings is 1. The number of hydrogen-bond donors (Lipinski definition) is 1. The Kier molecular flexibility index (Phi) is 3.25. The highest BCUT2D eigenvalue weighted by Crippen LogP contribution is 2.02. The van der Waals surface area contributed by atoms with Crippen LogP contribution in [0.25, 0.3) is 0 Å². The Labute approximate surface area is 80.0 Å². The van der Waals surface area contributed by atoms with Gasteiger partial charge in [0.25, 0.3) is 0 Å². The first-order valence-corrected chi connectivity index (χ1v) is 4.52. The van der Waals surface area contributed by atoms with Crippen LogP contribution in [0.4, 0.5) is 5.69 Å². The second-order valence-corrected chi connectivity index (χ2v) is 4.18. The van der Waals surface area contributed by atoms with Crippen LogP contribution in [0.1, 0.15) is 0 Å². The van der Waals surface area contributed by atoms with Crippen LogP contribution in [0.15, 0.2) is 24.5 Å². The van der Waals surface area contributed by atoms with Crippen molar-refractivity contribution in [1.29, 1.82) is 0 Å². The Morgan fingerprint density at radius 2 is 1.85 bits per heavy atom. The maximum atomic E-state index is 3.96. The summed E-state index contributed by atoms with van der Waals surface area (Å²) < 4.78 is 0.984. The SMILES string of the molecule is C[N+](C)(C)CCNc1ccncc1. The lowest BCUT2D eigenvalue weighted by atomic mass is 10.4. The molecule has 72 valence electrons. The van der Waals surface area contributed by atoms with Gasteiger partial charge in [0, 0.05) is 18.1 Å². The van der Waals surface area contributed by atoms with Gasteiger partial charge in [-0.2, -0.15) is 0 Å². The van der Waals surface area contributed by atoms with Crippen molar-refractivity contribution in [3.8, 4) is 0 Å². The average Bonchev–Trinajstić information content (AvgIpc) is 2.04. The van der Waals surface area contributed by atoms with Gasteiger partial charge in [0.15, 0.2) is 0 Å². The Hall–Kier alpha value is -1.09. The smallest absolute Gasteiger partial charge is 0.0955 e. The normalized spacial score (nSPS) is 11.3. The van der Waals surface area contributed by atoms with Crippen molar-refractivity contribution < 1.29 is 4.48 Å². The van der Waals surface area contributed by atoms with Gasteiger partial charge in [-0.3, -0.25) is 4.98 Å². The van der Waals surface area contributed by atoms with Gasteiger partial charge < -0.3 is 9.80 Å². The number of anilines is 1. The van der Waals surface area contributed by atoms with Crippen molar-refractivity contribution in [2.75, 3.05) is 39.5 Å². The predicted molar refractivity (Wildman–Crippen MR) is 55.6 cm³/mol. The largest absolute Gasteiger partial charge is 0.379 e. The molecule has 0 aliphatic carbocycles. The lowest BCUT2D eigenvalue weighted by Gasteiger charge is -2.24. The van der Waals surface area contributed by atoms with Gasteiger partial charge in [-0.1, -0.05) is 0 Å². The molecule has 3 heteroatoms. The Balaban J connectivity index is 2.29. The quantitative estimate of drug-likeness (QED) is 0.704. The standard InChI is InChI=1S/C10H18N3/c1-13(2,3)9-8-12-10-4-6-11-7-5-10/h4-7H,8-9H2,1-3H3,(H,11,12)/q+1. The fourth-order valence-electron chi connectivity index (χ4n) is 1.01. The number of nitrogens with one attached hydrogen (secondary N) is 1. The van der Waals surface area contributed by atoms with Crippen molar-refractivity contribution in [2.45, 2.75) is 0 Å². The molecule has 0 atom stereocenters. The summed E-state index contributed by atoms with van der Waals surface area (Å²) in [6, 6.07) is 3.96. The van der Waals surface area contributed by atoms with E-state index in [1.807, 2.05) is 12.1 Å².